The molecule has 2 N–H and O–H groups in total. The van der Waals surface area contributed by atoms with Gasteiger partial charge in [-0.25, -0.2) is 4.99 Å². The molecule has 0 bridgehead atoms. The Morgan fingerprint density at radius 2 is 2.08 bits per heavy atom. The Kier molecular flexibility index (Phi) is 2.68. The molecule has 1 rings (SSSR count). The molecule has 0 saturated heterocycles. The molecule has 0 aliphatic carbocycles. The van der Waals surface area contributed by atoms with Gasteiger partial charge in [-0.1, -0.05) is 17.7 Å². The highest BCUT2D eigenvalue weighted by atomic mass is 35.5. The summed E-state index contributed by atoms with van der Waals surface area (Å²) in [7, 11) is 0. The molecule has 0 saturated carbocycles. The summed E-state index contributed by atoms with van der Waals surface area (Å²) in [4.78, 5) is 4.42. The van der Waals surface area contributed by atoms with E-state index in [-0.39, 0.29) is 0 Å². The lowest BCUT2D eigenvalue weighted by molar-refractivity contribution is 0.321. The monoisotopic (exact) mass is 201 g/mol. The van der Waals surface area contributed by atoms with Crippen LogP contribution in [0.3, 0.4) is 0 Å². The fourth-order valence-electron chi connectivity index (χ4n) is 1.65. The molecule has 3 nitrogen and oxygen atoms in total. The van der Waals surface area contributed by atoms with Crippen LogP contribution in [-0.2, 0) is 0 Å². The van der Waals surface area contributed by atoms with Gasteiger partial charge in [-0.15, -0.1) is 0 Å². The Morgan fingerprint density at radius 1 is 1.46 bits per heavy atom. The zero-order valence-corrected chi connectivity index (χ0v) is 9.24. The van der Waals surface area contributed by atoms with E-state index in [0.29, 0.717) is 0 Å². The molecular formula is C9H16ClN3. The third-order valence-corrected chi connectivity index (χ3v) is 1.98. The molecular weight excluding hydrogens is 186 g/mol. The number of nitrogens with zero attached hydrogens (tertiary/aromatic N) is 1. The maximum absolute atomic E-state index is 6.15. The first-order valence-corrected chi connectivity index (χ1v) is 4.71. The number of halogens is 1. The molecule has 0 aromatic carbocycles. The van der Waals surface area contributed by atoms with Gasteiger partial charge >= 0.3 is 0 Å². The van der Waals surface area contributed by atoms with E-state index in [1.807, 2.05) is 39.8 Å². The molecule has 0 amide bonds. The van der Waals surface area contributed by atoms with Crippen molar-refractivity contribution >= 4 is 17.4 Å². The molecule has 2 atom stereocenters. The molecule has 1 heterocycles. The van der Waals surface area contributed by atoms with Crippen LogP contribution in [-0.4, -0.2) is 16.6 Å². The summed E-state index contributed by atoms with van der Waals surface area (Å²) in [5.74, 6) is 0.844. The summed E-state index contributed by atoms with van der Waals surface area (Å²) in [5.41, 5.74) is -0.402. The average Bonchev–Trinajstić information content (AvgIpc) is 1.78. The summed E-state index contributed by atoms with van der Waals surface area (Å²) in [6.07, 6.45) is 3.94. The number of alkyl halides is 1. The summed E-state index contributed by atoms with van der Waals surface area (Å²) < 4.78 is 0. The Balaban J connectivity index is 2.95. The van der Waals surface area contributed by atoms with Crippen LogP contribution in [0.15, 0.2) is 17.1 Å². The second-order valence-electron chi connectivity index (χ2n) is 3.60. The molecule has 0 spiro atoms. The van der Waals surface area contributed by atoms with Crippen LogP contribution < -0.4 is 10.6 Å². The summed E-state index contributed by atoms with van der Waals surface area (Å²) >= 11 is 6.15. The summed E-state index contributed by atoms with van der Waals surface area (Å²) in [6, 6.07) is 0. The molecule has 0 radical (unpaired) electrons. The van der Waals surface area contributed by atoms with E-state index in [1.54, 1.807) is 0 Å². The third-order valence-electron chi connectivity index (χ3n) is 1.79. The van der Waals surface area contributed by atoms with Crippen LogP contribution in [0, 0.1) is 0 Å². The van der Waals surface area contributed by atoms with Crippen molar-refractivity contribution < 1.29 is 0 Å². The number of nitrogens with one attached hydrogen (secondary N) is 2. The second-order valence-corrected chi connectivity index (χ2v) is 4.35. The first kappa shape index (κ1) is 10.5. The van der Waals surface area contributed by atoms with E-state index in [0.717, 1.165) is 5.84 Å². The molecule has 0 aromatic rings. The van der Waals surface area contributed by atoms with E-state index < -0.39 is 10.8 Å². The van der Waals surface area contributed by atoms with Crippen molar-refractivity contribution in [3.63, 3.8) is 0 Å². The summed E-state index contributed by atoms with van der Waals surface area (Å²) in [5, 5.41) is 5.60. The van der Waals surface area contributed by atoms with Gasteiger partial charge in [0.25, 0.3) is 0 Å². The van der Waals surface area contributed by atoms with Gasteiger partial charge in [0.05, 0.1) is 5.84 Å². The number of allylic oxidation sites excluding steroid dienone is 1. The van der Waals surface area contributed by atoms with Gasteiger partial charge in [-0.3, -0.25) is 5.32 Å². The normalized spacial score (nSPS) is 40.2. The predicted molar refractivity (Wildman–Crippen MR) is 56.9 cm³/mol. The van der Waals surface area contributed by atoms with E-state index in [1.165, 1.54) is 0 Å². The summed E-state index contributed by atoms with van der Waals surface area (Å²) in [6.45, 7) is 7.72. The zero-order chi connectivity index (χ0) is 10.1. The van der Waals surface area contributed by atoms with E-state index in [9.17, 15) is 0 Å². The molecule has 1 aliphatic heterocycles. The first-order chi connectivity index (χ1) is 5.87. The van der Waals surface area contributed by atoms with Crippen LogP contribution in [0.25, 0.3) is 0 Å². The lowest BCUT2D eigenvalue weighted by Gasteiger charge is -2.39. The molecule has 0 fully saturated rings. The van der Waals surface area contributed by atoms with Gasteiger partial charge in [0.2, 0.25) is 0 Å². The highest BCUT2D eigenvalue weighted by Crippen LogP contribution is 2.20. The quantitative estimate of drug-likeness (QED) is 0.386. The Bertz CT molecular complexity index is 258. The lowest BCUT2D eigenvalue weighted by atomic mass is 10.1. The first-order valence-electron chi connectivity index (χ1n) is 4.34. The number of aliphatic imine (C=N–C) groups is 1. The van der Waals surface area contributed by atoms with Crippen LogP contribution in [0.2, 0.25) is 0 Å². The van der Waals surface area contributed by atoms with Crippen molar-refractivity contribution in [2.24, 2.45) is 4.99 Å². The number of hydrogen-bond acceptors (Lipinski definition) is 3. The minimum Gasteiger partial charge on any atom is -0.344 e. The van der Waals surface area contributed by atoms with Crippen LogP contribution in [0.1, 0.15) is 27.7 Å². The van der Waals surface area contributed by atoms with Gasteiger partial charge in [-0.2, -0.15) is 0 Å². The number of amidine groups is 1. The van der Waals surface area contributed by atoms with Crippen LogP contribution in [0.4, 0.5) is 0 Å². The van der Waals surface area contributed by atoms with Crippen molar-refractivity contribution in [3.8, 4) is 0 Å². The minimum atomic E-state index is -0.625. The maximum Gasteiger partial charge on any atom is 0.166 e. The van der Waals surface area contributed by atoms with Crippen molar-refractivity contribution in [1.82, 2.24) is 10.6 Å². The number of rotatable bonds is 1. The van der Waals surface area contributed by atoms with E-state index >= 15 is 0 Å². The van der Waals surface area contributed by atoms with E-state index in [4.69, 9.17) is 11.6 Å². The highest BCUT2D eigenvalue weighted by Gasteiger charge is 2.34. The van der Waals surface area contributed by atoms with Gasteiger partial charge in [0.15, 0.2) is 5.12 Å². The molecule has 13 heavy (non-hydrogen) atoms. The fraction of sp³-hybridized carbons (Fsp3) is 0.667. The van der Waals surface area contributed by atoms with Crippen molar-refractivity contribution in [2.45, 2.75) is 38.5 Å². The van der Waals surface area contributed by atoms with Crippen molar-refractivity contribution in [1.29, 1.82) is 0 Å². The average molecular weight is 202 g/mol. The fourth-order valence-corrected chi connectivity index (χ4v) is 1.98. The SMILES string of the molecule is C/C=C/C1(C)N=C(C)NC(C)(Cl)N1. The lowest BCUT2D eigenvalue weighted by Crippen LogP contribution is -2.63. The Labute approximate surface area is 84.3 Å². The molecule has 2 unspecified atom stereocenters. The smallest absolute Gasteiger partial charge is 0.166 e. The second kappa shape index (κ2) is 3.31. The van der Waals surface area contributed by atoms with Crippen LogP contribution >= 0.6 is 11.6 Å². The minimum absolute atomic E-state index is 0.402. The Morgan fingerprint density at radius 3 is 2.54 bits per heavy atom. The van der Waals surface area contributed by atoms with Crippen molar-refractivity contribution in [2.75, 3.05) is 0 Å². The van der Waals surface area contributed by atoms with Gasteiger partial charge < -0.3 is 5.32 Å². The maximum atomic E-state index is 6.15. The van der Waals surface area contributed by atoms with Gasteiger partial charge in [-0.05, 0) is 33.8 Å². The van der Waals surface area contributed by atoms with E-state index in [2.05, 4.69) is 15.6 Å². The molecule has 4 heteroatoms. The highest BCUT2D eigenvalue weighted by molar-refractivity contribution is 6.24. The third kappa shape index (κ3) is 2.71. The molecule has 0 aromatic heterocycles. The van der Waals surface area contributed by atoms with Gasteiger partial charge in [0, 0.05) is 0 Å². The van der Waals surface area contributed by atoms with Crippen molar-refractivity contribution in [3.05, 3.63) is 12.2 Å². The Hall–Kier alpha value is -0.540. The topological polar surface area (TPSA) is 36.4 Å². The zero-order valence-electron chi connectivity index (χ0n) is 8.48. The molecule has 1 aliphatic rings. The largest absolute Gasteiger partial charge is 0.344 e. The van der Waals surface area contributed by atoms with Gasteiger partial charge in [0.1, 0.15) is 5.66 Å². The predicted octanol–water partition coefficient (Wildman–Crippen LogP) is 1.80. The standard InChI is InChI=1S/C9H16ClN3/c1-5-6-8(3)11-7(2)12-9(4,10)13-8/h5-6,13H,1-4H3,(H,11,12)/b6-5+. The number of hydrogen-bond donors (Lipinski definition) is 2. The van der Waals surface area contributed by atoms with Crippen LogP contribution in [0.5, 0.6) is 0 Å². The molecule has 74 valence electrons.